The first-order valence-corrected chi connectivity index (χ1v) is 19.8. The summed E-state index contributed by atoms with van der Waals surface area (Å²) in [5.74, 6) is -0.658. The molecule has 2 amide bonds. The third-order valence-corrected chi connectivity index (χ3v) is 8.29. The molecule has 4 aromatic carbocycles. The topological polar surface area (TPSA) is 219 Å². The summed E-state index contributed by atoms with van der Waals surface area (Å²) in [6, 6.07) is 25.1. The second kappa shape index (κ2) is 29.2. The van der Waals surface area contributed by atoms with Gasteiger partial charge in [-0.3, -0.25) is 19.3 Å². The summed E-state index contributed by atoms with van der Waals surface area (Å²) >= 11 is 14.2. The minimum Gasteiger partial charge on any atom is -0.508 e. The Kier molecular flexibility index (Phi) is 25.4. The SMILES string of the molecule is CCOC(=O)C(Cc1ccc(O)cc1)NC.CCOC(=O)C(c1ccc(O)cc1)N(C)C(=O)Cl.CCOC(=O)C(c1ccc(O)cc1)N(C)C(=O)Oc1ccccc1.O=C(Cl)Cl. The third-order valence-electron chi connectivity index (χ3n) is 8.02. The van der Waals surface area contributed by atoms with E-state index in [-0.39, 0.29) is 42.5 Å². The van der Waals surface area contributed by atoms with E-state index in [0.29, 0.717) is 29.9 Å². The molecule has 3 atom stereocenters. The minimum atomic E-state index is -0.971. The molecule has 0 aromatic heterocycles. The molecule has 0 aliphatic rings. The lowest BCUT2D eigenvalue weighted by atomic mass is 10.1. The summed E-state index contributed by atoms with van der Waals surface area (Å²) in [7, 11) is 4.59. The molecule has 0 spiro atoms. The highest BCUT2D eigenvalue weighted by molar-refractivity contribution is 6.93. The second-order valence-corrected chi connectivity index (χ2v) is 13.5. The number of aromatic hydroxyl groups is 3. The Morgan fingerprint density at radius 3 is 1.32 bits per heavy atom. The molecule has 0 saturated heterocycles. The Morgan fingerprint density at radius 1 is 0.581 bits per heavy atom. The van der Waals surface area contributed by atoms with E-state index < -0.39 is 40.2 Å². The van der Waals surface area contributed by atoms with E-state index in [2.05, 4.69) is 28.5 Å². The molecular weight excluding hydrogens is 873 g/mol. The van der Waals surface area contributed by atoms with Gasteiger partial charge in [-0.15, -0.1) is 0 Å². The van der Waals surface area contributed by atoms with Crippen LogP contribution in [0.3, 0.4) is 0 Å². The highest BCUT2D eigenvalue weighted by Gasteiger charge is 2.32. The van der Waals surface area contributed by atoms with Gasteiger partial charge in [-0.1, -0.05) is 54.6 Å². The Balaban J connectivity index is 0.000000455. The van der Waals surface area contributed by atoms with Crippen molar-refractivity contribution in [3.63, 3.8) is 0 Å². The predicted octanol–water partition coefficient (Wildman–Crippen LogP) is 8.08. The van der Waals surface area contributed by atoms with Crippen molar-refractivity contribution in [2.75, 3.05) is 41.0 Å². The number of benzene rings is 4. The van der Waals surface area contributed by atoms with E-state index >= 15 is 0 Å². The maximum atomic E-state index is 12.3. The number of carbonyl (C=O) groups is 6. The van der Waals surface area contributed by atoms with Crippen LogP contribution in [0.5, 0.6) is 23.0 Å². The van der Waals surface area contributed by atoms with Crippen LogP contribution in [0.2, 0.25) is 0 Å². The number of carbonyl (C=O) groups excluding carboxylic acids is 6. The fraction of sp³-hybridized carbons (Fsp3) is 0.302. The fourth-order valence-electron chi connectivity index (χ4n) is 5.07. The largest absolute Gasteiger partial charge is 0.508 e. The van der Waals surface area contributed by atoms with Gasteiger partial charge in [0.2, 0.25) is 0 Å². The predicted molar refractivity (Wildman–Crippen MR) is 233 cm³/mol. The zero-order valence-corrected chi connectivity index (χ0v) is 37.1. The molecule has 0 heterocycles. The van der Waals surface area contributed by atoms with Gasteiger partial charge < -0.3 is 44.5 Å². The summed E-state index contributed by atoms with van der Waals surface area (Å²) in [4.78, 5) is 70.4. The van der Waals surface area contributed by atoms with Gasteiger partial charge in [-0.05, 0) is 134 Å². The van der Waals surface area contributed by atoms with Crippen molar-refractivity contribution < 1.29 is 63.0 Å². The lowest BCUT2D eigenvalue weighted by Gasteiger charge is -2.26. The average molecular weight is 923 g/mol. The van der Waals surface area contributed by atoms with E-state index in [4.69, 9.17) is 40.4 Å². The van der Waals surface area contributed by atoms with Crippen LogP contribution in [-0.4, -0.2) is 106 Å². The summed E-state index contributed by atoms with van der Waals surface area (Å²) in [6.07, 6.45) is -0.136. The third kappa shape index (κ3) is 20.0. The maximum Gasteiger partial charge on any atom is 0.415 e. The monoisotopic (exact) mass is 921 g/mol. The van der Waals surface area contributed by atoms with Gasteiger partial charge in [0.05, 0.1) is 19.8 Å². The molecule has 0 fully saturated rings. The zero-order valence-electron chi connectivity index (χ0n) is 34.8. The number of halogens is 3. The molecule has 4 rings (SSSR count). The molecule has 0 aliphatic heterocycles. The van der Waals surface area contributed by atoms with Crippen LogP contribution in [0.15, 0.2) is 103 Å². The Hall–Kier alpha value is -6.07. The van der Waals surface area contributed by atoms with Crippen LogP contribution in [0, 0.1) is 0 Å². The van der Waals surface area contributed by atoms with Crippen molar-refractivity contribution in [3.8, 4) is 23.0 Å². The smallest absolute Gasteiger partial charge is 0.415 e. The molecule has 0 radical (unpaired) electrons. The Morgan fingerprint density at radius 2 is 0.952 bits per heavy atom. The summed E-state index contributed by atoms with van der Waals surface area (Å²) in [6.45, 7) is 5.92. The molecule has 0 bridgehead atoms. The molecule has 0 saturated carbocycles. The quantitative estimate of drug-likeness (QED) is 0.0407. The van der Waals surface area contributed by atoms with Gasteiger partial charge in [0.15, 0.2) is 12.1 Å². The van der Waals surface area contributed by atoms with E-state index in [0.717, 1.165) is 15.4 Å². The van der Waals surface area contributed by atoms with Gasteiger partial charge in [-0.2, -0.15) is 0 Å². The zero-order chi connectivity index (χ0) is 46.8. The molecule has 16 nitrogen and oxygen atoms in total. The number of hydrogen-bond donors (Lipinski definition) is 4. The average Bonchev–Trinajstić information content (AvgIpc) is 3.23. The number of hydrogen-bond acceptors (Lipinski definition) is 14. The standard InChI is InChI=1S/C18H19NO5.C12H14ClNO4.C12H17NO3.CCl2O/c1-3-23-17(21)16(13-9-11-14(20)12-10-13)19(2)18(22)24-15-7-5-4-6-8-15;1-3-18-11(16)10(14(2)12(13)17)8-4-6-9(15)7-5-8;1-3-16-12(15)11(13-2)8-9-4-6-10(14)7-5-9;2-1(3)4/h4-12,16,20H,3H2,1-2H3;4-7,10,15H,3H2,1-2H3;4-7,11,13-14H,3,8H2,1-2H3;. The first-order chi connectivity index (χ1) is 29.4. The van der Waals surface area contributed by atoms with Crippen LogP contribution in [-0.2, 0) is 35.0 Å². The molecule has 19 heteroatoms. The highest BCUT2D eigenvalue weighted by atomic mass is 35.5. The molecule has 336 valence electrons. The van der Waals surface area contributed by atoms with Crippen LogP contribution in [0.4, 0.5) is 14.4 Å². The van der Waals surface area contributed by atoms with Crippen LogP contribution >= 0.6 is 34.8 Å². The molecule has 4 aromatic rings. The first-order valence-electron chi connectivity index (χ1n) is 18.7. The van der Waals surface area contributed by atoms with Crippen molar-refractivity contribution in [2.24, 2.45) is 0 Å². The van der Waals surface area contributed by atoms with Crippen LogP contribution in [0.25, 0.3) is 0 Å². The van der Waals surface area contributed by atoms with Gasteiger partial charge in [0, 0.05) is 14.1 Å². The lowest BCUT2D eigenvalue weighted by molar-refractivity contribution is -0.149. The number of ether oxygens (including phenoxy) is 4. The number of likely N-dealkylation sites (N-methyl/N-ethyl adjacent to an activating group) is 3. The minimum absolute atomic E-state index is 0.0656. The summed E-state index contributed by atoms with van der Waals surface area (Å²) in [5, 5.41) is 29.9. The Bertz CT molecular complexity index is 1990. The van der Waals surface area contributed by atoms with E-state index in [9.17, 15) is 34.2 Å². The van der Waals surface area contributed by atoms with E-state index in [1.54, 1.807) is 94.5 Å². The highest BCUT2D eigenvalue weighted by Crippen LogP contribution is 2.26. The van der Waals surface area contributed by atoms with Crippen LogP contribution < -0.4 is 10.1 Å². The van der Waals surface area contributed by atoms with Gasteiger partial charge in [0.25, 0.3) is 0 Å². The number of amides is 2. The second-order valence-electron chi connectivity index (χ2n) is 12.3. The van der Waals surface area contributed by atoms with Crippen molar-refractivity contribution >= 4 is 68.9 Å². The first kappa shape index (κ1) is 53.9. The van der Waals surface area contributed by atoms with Crippen molar-refractivity contribution in [2.45, 2.75) is 45.3 Å². The van der Waals surface area contributed by atoms with E-state index in [1.807, 2.05) is 0 Å². The number of para-hydroxylation sites is 1. The summed E-state index contributed by atoms with van der Waals surface area (Å²) in [5.41, 5.74) is 2.01. The molecule has 4 N–H and O–H groups in total. The normalized spacial score (nSPS) is 11.4. The molecule has 62 heavy (non-hydrogen) atoms. The number of phenolic OH excluding ortho intramolecular Hbond substituents is 3. The molecular formula is C43H50Cl3N3O13. The number of esters is 3. The van der Waals surface area contributed by atoms with Gasteiger partial charge in [-0.25, -0.2) is 14.4 Å². The van der Waals surface area contributed by atoms with Crippen LogP contribution in [0.1, 0.15) is 49.5 Å². The summed E-state index contributed by atoms with van der Waals surface area (Å²) < 4.78 is 19.3. The van der Waals surface area contributed by atoms with E-state index in [1.165, 1.54) is 50.5 Å². The molecule has 3 unspecified atom stereocenters. The fourth-order valence-corrected chi connectivity index (χ4v) is 5.17. The number of nitrogens with one attached hydrogen (secondary N) is 1. The van der Waals surface area contributed by atoms with Crippen molar-refractivity contribution in [1.82, 2.24) is 15.1 Å². The maximum absolute atomic E-state index is 12.3. The number of rotatable bonds is 14. The van der Waals surface area contributed by atoms with Crippen molar-refractivity contribution in [1.29, 1.82) is 0 Å². The number of nitrogens with zero attached hydrogens (tertiary/aromatic N) is 2. The molecule has 0 aliphatic carbocycles. The van der Waals surface area contributed by atoms with Crippen molar-refractivity contribution in [3.05, 3.63) is 120 Å². The Labute approximate surface area is 374 Å². The van der Waals surface area contributed by atoms with Gasteiger partial charge >= 0.3 is 34.1 Å². The lowest BCUT2D eigenvalue weighted by Crippen LogP contribution is -2.38. The van der Waals surface area contributed by atoms with Gasteiger partial charge in [0.1, 0.15) is 29.0 Å². The number of phenols is 3.